The van der Waals surface area contributed by atoms with Crippen LogP contribution in [0.3, 0.4) is 0 Å². The molecule has 0 radical (unpaired) electrons. The molecular weight excluding hydrogens is 691 g/mol. The highest BCUT2D eigenvalue weighted by atomic mass is 15.2. The number of hydrogen-bond donors (Lipinski definition) is 0. The number of anilines is 5. The van der Waals surface area contributed by atoms with Crippen molar-refractivity contribution in [2.45, 2.75) is 88.4 Å². The summed E-state index contributed by atoms with van der Waals surface area (Å²) < 4.78 is 0. The van der Waals surface area contributed by atoms with E-state index < -0.39 is 0 Å². The first-order valence-electron chi connectivity index (χ1n) is 22.1. The van der Waals surface area contributed by atoms with E-state index in [1.165, 1.54) is 115 Å². The number of piperidine rings is 4. The third kappa shape index (κ3) is 6.08. The zero-order valence-corrected chi connectivity index (χ0v) is 33.0. The molecule has 3 nitrogen and oxygen atoms in total. The molecule has 8 bridgehead atoms. The lowest BCUT2D eigenvalue weighted by Gasteiger charge is -2.59. The molecule has 4 aliphatic heterocycles. The van der Waals surface area contributed by atoms with E-state index in [-0.39, 0.29) is 0 Å². The van der Waals surface area contributed by atoms with Crippen LogP contribution in [0.25, 0.3) is 33.4 Å². The van der Waals surface area contributed by atoms with Crippen LogP contribution in [0.1, 0.15) is 64.2 Å². The number of benzene rings is 6. The molecule has 0 N–H and O–H groups in total. The number of rotatable bonds is 8. The van der Waals surface area contributed by atoms with Gasteiger partial charge < -0.3 is 14.7 Å². The molecule has 0 amide bonds. The van der Waals surface area contributed by atoms with E-state index in [1.807, 2.05) is 0 Å². The van der Waals surface area contributed by atoms with Gasteiger partial charge in [-0.2, -0.15) is 0 Å². The highest BCUT2D eigenvalue weighted by Crippen LogP contribution is 2.54. The van der Waals surface area contributed by atoms with Gasteiger partial charge in [0.2, 0.25) is 0 Å². The number of nitrogens with zero attached hydrogens (tertiary/aromatic N) is 3. The van der Waals surface area contributed by atoms with Gasteiger partial charge >= 0.3 is 0 Å². The Morgan fingerprint density at radius 1 is 0.298 bits per heavy atom. The summed E-state index contributed by atoms with van der Waals surface area (Å²) >= 11 is 0. The first kappa shape index (κ1) is 33.8. The van der Waals surface area contributed by atoms with Gasteiger partial charge in [-0.3, -0.25) is 0 Å². The SMILES string of the molecule is c1ccc(-c2ccc(N(c3ccc(-c4ccccc4)cc3)c3ccc(-c4cc(N5C6CC7CC(C6)CC5C7)cc(N5C6CC7CC(C6)CC5C7)c4)cc3)cc2)cc1. The van der Waals surface area contributed by atoms with Crippen molar-refractivity contribution in [3.8, 4) is 33.4 Å². The molecular formula is C54H53N3. The Morgan fingerprint density at radius 2 is 0.596 bits per heavy atom. The Hall–Kier alpha value is -5.28. The Bertz CT molecular complexity index is 2170. The monoisotopic (exact) mass is 743 g/mol. The van der Waals surface area contributed by atoms with Crippen LogP contribution in [0.15, 0.2) is 152 Å². The van der Waals surface area contributed by atoms with Gasteiger partial charge in [-0.05, 0) is 176 Å². The summed E-state index contributed by atoms with van der Waals surface area (Å²) in [5.74, 6) is 3.83. The lowest BCUT2D eigenvalue weighted by atomic mass is 9.63. The second kappa shape index (κ2) is 13.7. The minimum atomic E-state index is 0.718. The van der Waals surface area contributed by atoms with Crippen LogP contribution in [0.4, 0.5) is 28.4 Å². The van der Waals surface area contributed by atoms with Crippen molar-refractivity contribution < 1.29 is 0 Å². The molecule has 6 aromatic carbocycles. The Balaban J connectivity index is 0.920. The van der Waals surface area contributed by atoms with E-state index in [4.69, 9.17) is 0 Å². The molecule has 4 aliphatic carbocycles. The van der Waals surface area contributed by atoms with Crippen molar-refractivity contribution in [3.63, 3.8) is 0 Å². The molecule has 57 heavy (non-hydrogen) atoms. The molecule has 14 rings (SSSR count). The third-order valence-electron chi connectivity index (χ3n) is 15.2. The molecule has 0 unspecified atom stereocenters. The van der Waals surface area contributed by atoms with Crippen LogP contribution >= 0.6 is 0 Å². The summed E-state index contributed by atoms with van der Waals surface area (Å²) in [7, 11) is 0. The minimum Gasteiger partial charge on any atom is -0.365 e. The van der Waals surface area contributed by atoms with Gasteiger partial charge in [0.1, 0.15) is 0 Å². The smallest absolute Gasteiger partial charge is 0.0462 e. The van der Waals surface area contributed by atoms with Gasteiger partial charge in [-0.1, -0.05) is 97.1 Å². The maximum absolute atomic E-state index is 2.92. The fourth-order valence-corrected chi connectivity index (χ4v) is 13.1. The molecule has 4 saturated heterocycles. The average molecular weight is 744 g/mol. The van der Waals surface area contributed by atoms with Crippen molar-refractivity contribution in [1.29, 1.82) is 0 Å². The fourth-order valence-electron chi connectivity index (χ4n) is 13.1. The quantitative estimate of drug-likeness (QED) is 0.154. The van der Waals surface area contributed by atoms with E-state index in [0.717, 1.165) is 59.2 Å². The van der Waals surface area contributed by atoms with Gasteiger partial charge in [-0.15, -0.1) is 0 Å². The molecule has 4 heterocycles. The largest absolute Gasteiger partial charge is 0.365 e. The first-order chi connectivity index (χ1) is 28.1. The molecule has 6 aromatic rings. The zero-order chi connectivity index (χ0) is 37.5. The van der Waals surface area contributed by atoms with Crippen molar-refractivity contribution >= 4 is 28.4 Å². The zero-order valence-electron chi connectivity index (χ0n) is 33.0. The lowest BCUT2D eigenvalue weighted by Crippen LogP contribution is -2.59. The summed E-state index contributed by atoms with van der Waals surface area (Å²) in [6.45, 7) is 0. The fraction of sp³-hybridized carbons (Fsp3) is 0.333. The molecule has 3 heteroatoms. The highest BCUT2D eigenvalue weighted by Gasteiger charge is 2.49. The third-order valence-corrected chi connectivity index (χ3v) is 15.2. The van der Waals surface area contributed by atoms with Crippen molar-refractivity contribution in [3.05, 3.63) is 152 Å². The normalized spacial score (nSPS) is 27.9. The van der Waals surface area contributed by atoms with Gasteiger partial charge in [-0.25, -0.2) is 0 Å². The van der Waals surface area contributed by atoms with Crippen LogP contribution in [0.5, 0.6) is 0 Å². The van der Waals surface area contributed by atoms with Crippen molar-refractivity contribution in [1.82, 2.24) is 0 Å². The highest BCUT2D eigenvalue weighted by molar-refractivity contribution is 5.82. The second-order valence-electron chi connectivity index (χ2n) is 18.7. The van der Waals surface area contributed by atoms with E-state index in [0.29, 0.717) is 0 Å². The maximum atomic E-state index is 2.92. The average Bonchev–Trinajstić information content (AvgIpc) is 3.24. The molecule has 8 aliphatic rings. The Morgan fingerprint density at radius 3 is 0.930 bits per heavy atom. The predicted octanol–water partition coefficient (Wildman–Crippen LogP) is 13.7. The maximum Gasteiger partial charge on any atom is 0.0462 e. The Labute approximate surface area is 339 Å². The number of hydrogen-bond acceptors (Lipinski definition) is 3. The predicted molar refractivity (Wildman–Crippen MR) is 238 cm³/mol. The molecule has 284 valence electrons. The molecule has 4 saturated carbocycles. The molecule has 0 aromatic heterocycles. The Kier molecular flexibility index (Phi) is 8.12. The molecule has 0 spiro atoms. The topological polar surface area (TPSA) is 9.72 Å². The van der Waals surface area contributed by atoms with Crippen LogP contribution in [0.2, 0.25) is 0 Å². The van der Waals surface area contributed by atoms with Gasteiger partial charge in [0, 0.05) is 52.6 Å². The van der Waals surface area contributed by atoms with Crippen LogP contribution < -0.4 is 14.7 Å². The summed E-state index contributed by atoms with van der Waals surface area (Å²) in [5.41, 5.74) is 14.1. The van der Waals surface area contributed by atoms with Crippen molar-refractivity contribution in [2.75, 3.05) is 14.7 Å². The van der Waals surface area contributed by atoms with Gasteiger partial charge in [0.25, 0.3) is 0 Å². The molecule has 8 fully saturated rings. The second-order valence-corrected chi connectivity index (χ2v) is 18.7. The first-order valence-corrected chi connectivity index (χ1v) is 22.1. The van der Waals surface area contributed by atoms with Crippen LogP contribution in [-0.4, -0.2) is 24.2 Å². The van der Waals surface area contributed by atoms with Gasteiger partial charge in [0.05, 0.1) is 0 Å². The van der Waals surface area contributed by atoms with E-state index in [2.05, 4.69) is 166 Å². The minimum absolute atomic E-state index is 0.718. The summed E-state index contributed by atoms with van der Waals surface area (Å²) in [5, 5.41) is 0. The van der Waals surface area contributed by atoms with E-state index >= 15 is 0 Å². The van der Waals surface area contributed by atoms with E-state index in [1.54, 1.807) is 0 Å². The van der Waals surface area contributed by atoms with Crippen LogP contribution in [-0.2, 0) is 0 Å². The standard InChI is InChI=1S/C54H53N3/c1-3-7-40(8-4-1)42-11-17-46(18-12-42)55(47-19-13-43(14-20-47)41-9-5-2-6-10-41)48-21-15-44(16-22-48)45-33-53(56-49-25-36-23-37(27-49)28-50(56)26-36)35-54(34-45)57-51-29-38-24-39(31-51)32-52(57)30-38/h1-22,33-39,49-52H,23-32H2. The summed E-state index contributed by atoms with van der Waals surface area (Å²) in [6.07, 6.45) is 14.2. The van der Waals surface area contributed by atoms with Gasteiger partial charge in [0.15, 0.2) is 0 Å². The lowest BCUT2D eigenvalue weighted by molar-refractivity contribution is 0.0889. The van der Waals surface area contributed by atoms with E-state index in [9.17, 15) is 0 Å². The van der Waals surface area contributed by atoms with Crippen molar-refractivity contribution in [2.24, 2.45) is 23.7 Å². The molecule has 0 atom stereocenters. The summed E-state index contributed by atoms with van der Waals surface area (Å²) in [6, 6.07) is 59.7. The summed E-state index contributed by atoms with van der Waals surface area (Å²) in [4.78, 5) is 8.25. The van der Waals surface area contributed by atoms with Crippen LogP contribution in [0, 0.1) is 23.7 Å².